The van der Waals surface area contributed by atoms with Crippen LogP contribution in [0.1, 0.15) is 25.3 Å². The Morgan fingerprint density at radius 1 is 1.08 bits per heavy atom. The Kier molecular flexibility index (Phi) is 3.20. The Morgan fingerprint density at radius 3 is 2.17 bits per heavy atom. The van der Waals surface area contributed by atoms with E-state index in [2.05, 4.69) is 5.32 Å². The summed E-state index contributed by atoms with van der Waals surface area (Å²) < 4.78 is 0. The van der Waals surface area contributed by atoms with Crippen LogP contribution in [0.15, 0.2) is 30.3 Å². The average molecular weight is 320 g/mol. The van der Waals surface area contributed by atoms with Crippen molar-refractivity contribution < 1.29 is 9.90 Å². The van der Waals surface area contributed by atoms with E-state index >= 15 is 0 Å². The minimum atomic E-state index is -1.93. The van der Waals surface area contributed by atoms with Gasteiger partial charge in [0.05, 0.1) is 18.2 Å². The fraction of sp³-hybridized carbons (Fsp3) is 0.444. The highest BCUT2D eigenvalue weighted by atomic mass is 16.3. The molecule has 1 aliphatic carbocycles. The summed E-state index contributed by atoms with van der Waals surface area (Å²) in [7, 11) is 0. The monoisotopic (exact) mass is 320 g/mol. The number of nitrogens with zero attached hydrogens (tertiary/aromatic N) is 3. The number of carbonyl (C=O) groups excluding carboxylic acids is 1. The molecule has 3 rings (SSSR count). The van der Waals surface area contributed by atoms with Crippen LogP contribution in [0, 0.1) is 56.7 Å². The molecule has 2 aliphatic rings. The lowest BCUT2D eigenvalue weighted by molar-refractivity contribution is -0.135. The van der Waals surface area contributed by atoms with Crippen LogP contribution < -0.4 is 5.32 Å². The standard InChI is InChI=1S/C18H16N4O2/c1-11-14(13-6-4-3-5-7-13)16(8-19,9-20)17(10-21)12(2)18(11,24)22-15(17)23/h3-7,11-12,14,24H,1-2H3,(H,22,23)/t11?,12?,14?,17-,18-/m1/s1. The number of hydrogen-bond acceptors (Lipinski definition) is 5. The summed E-state index contributed by atoms with van der Waals surface area (Å²) in [5, 5.41) is 43.3. The Labute approximate surface area is 139 Å². The summed E-state index contributed by atoms with van der Waals surface area (Å²) in [6.45, 7) is 3.24. The van der Waals surface area contributed by atoms with Crippen molar-refractivity contribution in [3.05, 3.63) is 35.9 Å². The molecule has 120 valence electrons. The maximum atomic E-state index is 12.7. The van der Waals surface area contributed by atoms with Gasteiger partial charge >= 0.3 is 0 Å². The highest BCUT2D eigenvalue weighted by Crippen LogP contribution is 2.66. The zero-order valence-electron chi connectivity index (χ0n) is 13.3. The molecule has 2 bridgehead atoms. The van der Waals surface area contributed by atoms with Crippen LogP contribution in [0.5, 0.6) is 0 Å². The maximum Gasteiger partial charge on any atom is 0.245 e. The highest BCUT2D eigenvalue weighted by Gasteiger charge is 2.79. The fourth-order valence-corrected chi connectivity index (χ4v) is 4.59. The van der Waals surface area contributed by atoms with Gasteiger partial charge in [-0.2, -0.15) is 15.8 Å². The van der Waals surface area contributed by atoms with Gasteiger partial charge in [-0.05, 0) is 5.56 Å². The molecule has 0 spiro atoms. The van der Waals surface area contributed by atoms with E-state index in [9.17, 15) is 25.7 Å². The van der Waals surface area contributed by atoms with Crippen molar-refractivity contribution in [1.29, 1.82) is 15.8 Å². The number of nitrogens with one attached hydrogen (secondary N) is 1. The van der Waals surface area contributed by atoms with Gasteiger partial charge in [0.25, 0.3) is 0 Å². The minimum absolute atomic E-state index is 0.623. The van der Waals surface area contributed by atoms with Crippen molar-refractivity contribution in [2.75, 3.05) is 0 Å². The number of benzene rings is 1. The quantitative estimate of drug-likeness (QED) is 0.810. The van der Waals surface area contributed by atoms with Crippen molar-refractivity contribution in [2.24, 2.45) is 22.7 Å². The SMILES string of the molecule is CC1C(c2ccccc2)C(C#N)(C#N)[C@@]2(C#N)C(=O)N[C@]1(O)C2C. The Bertz CT molecular complexity index is 817. The summed E-state index contributed by atoms with van der Waals surface area (Å²) in [6.07, 6.45) is 0. The lowest BCUT2D eigenvalue weighted by Gasteiger charge is -2.51. The third kappa shape index (κ3) is 1.44. The van der Waals surface area contributed by atoms with Crippen LogP contribution in [0.25, 0.3) is 0 Å². The summed E-state index contributed by atoms with van der Waals surface area (Å²) in [5.41, 5.74) is -4.83. The van der Waals surface area contributed by atoms with E-state index in [4.69, 9.17) is 0 Å². The molecule has 1 saturated heterocycles. The van der Waals surface area contributed by atoms with Crippen molar-refractivity contribution >= 4 is 5.91 Å². The smallest absolute Gasteiger partial charge is 0.245 e. The molecule has 2 N–H and O–H groups in total. The molecule has 6 heteroatoms. The molecule has 1 aromatic rings. The number of aliphatic hydroxyl groups is 1. The zero-order valence-corrected chi connectivity index (χ0v) is 13.3. The Morgan fingerprint density at radius 2 is 1.67 bits per heavy atom. The predicted octanol–water partition coefficient (Wildman–Crippen LogP) is 1.42. The molecule has 1 aromatic carbocycles. The fourth-order valence-electron chi connectivity index (χ4n) is 4.59. The first kappa shape index (κ1) is 16.0. The van der Waals surface area contributed by atoms with Crippen molar-refractivity contribution in [1.82, 2.24) is 5.32 Å². The number of hydrogen-bond donors (Lipinski definition) is 2. The van der Waals surface area contributed by atoms with Crippen LogP contribution in [0.4, 0.5) is 0 Å². The van der Waals surface area contributed by atoms with E-state index in [0.29, 0.717) is 5.56 Å². The van der Waals surface area contributed by atoms with Gasteiger partial charge in [0.1, 0.15) is 5.72 Å². The van der Waals surface area contributed by atoms with E-state index in [1.165, 1.54) is 0 Å². The van der Waals surface area contributed by atoms with E-state index < -0.39 is 40.2 Å². The maximum absolute atomic E-state index is 12.7. The van der Waals surface area contributed by atoms with Crippen molar-refractivity contribution in [2.45, 2.75) is 25.5 Å². The lowest BCUT2D eigenvalue weighted by atomic mass is 9.45. The number of nitriles is 3. The predicted molar refractivity (Wildman–Crippen MR) is 82.3 cm³/mol. The normalized spacial score (nSPS) is 39.2. The average Bonchev–Trinajstić information content (AvgIpc) is 2.77. The third-order valence-corrected chi connectivity index (χ3v) is 5.95. The van der Waals surface area contributed by atoms with Crippen LogP contribution in [-0.4, -0.2) is 16.7 Å². The summed E-state index contributed by atoms with van der Waals surface area (Å²) >= 11 is 0. The van der Waals surface area contributed by atoms with Gasteiger partial charge < -0.3 is 10.4 Å². The minimum Gasteiger partial charge on any atom is -0.370 e. The molecule has 5 atom stereocenters. The van der Waals surface area contributed by atoms with Gasteiger partial charge in [-0.1, -0.05) is 44.2 Å². The second-order valence-corrected chi connectivity index (χ2v) is 6.63. The molecule has 6 nitrogen and oxygen atoms in total. The first-order valence-corrected chi connectivity index (χ1v) is 7.69. The molecule has 1 heterocycles. The number of fused-ring (bicyclic) bond motifs is 2. The van der Waals surface area contributed by atoms with Crippen molar-refractivity contribution in [3.8, 4) is 18.2 Å². The van der Waals surface area contributed by atoms with Crippen LogP contribution in [0.3, 0.4) is 0 Å². The topological polar surface area (TPSA) is 121 Å². The number of carbonyl (C=O) groups is 1. The summed E-state index contributed by atoms with van der Waals surface area (Å²) in [6, 6.07) is 14.7. The molecule has 0 radical (unpaired) electrons. The summed E-state index contributed by atoms with van der Waals surface area (Å²) in [4.78, 5) is 12.7. The largest absolute Gasteiger partial charge is 0.370 e. The molecular formula is C18H16N4O2. The first-order valence-electron chi connectivity index (χ1n) is 7.69. The molecule has 2 fully saturated rings. The molecule has 1 aliphatic heterocycles. The second kappa shape index (κ2) is 4.81. The molecule has 1 saturated carbocycles. The molecule has 24 heavy (non-hydrogen) atoms. The van der Waals surface area contributed by atoms with Crippen molar-refractivity contribution in [3.63, 3.8) is 0 Å². The molecule has 0 aromatic heterocycles. The zero-order chi connectivity index (χ0) is 17.8. The van der Waals surface area contributed by atoms with E-state index in [0.717, 1.165) is 0 Å². The second-order valence-electron chi connectivity index (χ2n) is 6.63. The van der Waals surface area contributed by atoms with Gasteiger partial charge in [0.2, 0.25) is 5.91 Å². The van der Waals surface area contributed by atoms with Crippen LogP contribution in [0.2, 0.25) is 0 Å². The molecule has 3 unspecified atom stereocenters. The van der Waals surface area contributed by atoms with E-state index in [1.54, 1.807) is 44.2 Å². The van der Waals surface area contributed by atoms with Gasteiger partial charge in [-0.25, -0.2) is 0 Å². The van der Waals surface area contributed by atoms with Crippen LogP contribution >= 0.6 is 0 Å². The van der Waals surface area contributed by atoms with E-state index in [-0.39, 0.29) is 0 Å². The van der Waals surface area contributed by atoms with Gasteiger partial charge in [0, 0.05) is 17.8 Å². The Hall–Kier alpha value is -2.88. The Balaban J connectivity index is 2.40. The molecule has 1 amide bonds. The highest BCUT2D eigenvalue weighted by molar-refractivity contribution is 5.92. The van der Waals surface area contributed by atoms with Gasteiger partial charge in [-0.3, -0.25) is 4.79 Å². The van der Waals surface area contributed by atoms with Crippen LogP contribution in [-0.2, 0) is 4.79 Å². The number of rotatable bonds is 1. The summed E-state index contributed by atoms with van der Waals surface area (Å²) in [5.74, 6) is -3.05. The lowest BCUT2D eigenvalue weighted by Crippen LogP contribution is -2.62. The number of amides is 1. The van der Waals surface area contributed by atoms with Gasteiger partial charge in [0.15, 0.2) is 10.8 Å². The van der Waals surface area contributed by atoms with E-state index in [1.807, 2.05) is 18.2 Å². The third-order valence-electron chi connectivity index (χ3n) is 5.95. The molecular weight excluding hydrogens is 304 g/mol. The first-order chi connectivity index (χ1) is 11.4. The van der Waals surface area contributed by atoms with Gasteiger partial charge in [-0.15, -0.1) is 0 Å².